The smallest absolute Gasteiger partial charge is 0.189 e. The Morgan fingerprint density at radius 2 is 1.88 bits per heavy atom. The molecule has 0 aromatic rings. The predicted octanol–water partition coefficient (Wildman–Crippen LogP) is 6.18. The van der Waals surface area contributed by atoms with Gasteiger partial charge in [0.25, 0.3) is 0 Å². The summed E-state index contributed by atoms with van der Waals surface area (Å²) < 4.78 is 0. The Hall–Kier alpha value is -0.170. The molecule has 0 aliphatic carbocycles. The van der Waals surface area contributed by atoms with Gasteiger partial charge in [-0.25, -0.2) is 0 Å². The van der Waals surface area contributed by atoms with E-state index in [1.807, 2.05) is 0 Å². The lowest BCUT2D eigenvalue weighted by Gasteiger charge is -2.34. The van der Waals surface area contributed by atoms with Crippen molar-refractivity contribution in [1.29, 1.82) is 0 Å². The molecule has 0 aromatic heterocycles. The van der Waals surface area contributed by atoms with Crippen molar-refractivity contribution in [2.45, 2.75) is 123 Å². The average molecular weight is 486 g/mol. The summed E-state index contributed by atoms with van der Waals surface area (Å²) in [5.41, 5.74) is 0. The molecule has 4 nitrogen and oxygen atoms in total. The topological polar surface area (TPSA) is 44.4 Å². The van der Waals surface area contributed by atoms with Crippen LogP contribution in [0.1, 0.15) is 105 Å². The normalized spacial score (nSPS) is 20.0. The average Bonchev–Trinajstić information content (AvgIpc) is 2.78. The van der Waals surface area contributed by atoms with E-state index in [0.29, 0.717) is 34.8 Å². The van der Waals surface area contributed by atoms with Gasteiger partial charge in [0.05, 0.1) is 4.99 Å². The minimum atomic E-state index is 0.372. The van der Waals surface area contributed by atoms with Crippen LogP contribution in [0.15, 0.2) is 0 Å². The molecule has 6 heteroatoms. The number of carbonyl (C=O) groups excluding carboxylic acids is 1. The molecule has 1 rings (SSSR count). The fraction of sp³-hybridized carbons (Fsp3) is 0.923. The van der Waals surface area contributed by atoms with Crippen molar-refractivity contribution < 1.29 is 4.79 Å². The number of likely N-dealkylation sites (tertiary alicyclic amines) is 1. The molecule has 1 aliphatic heterocycles. The summed E-state index contributed by atoms with van der Waals surface area (Å²) in [6, 6.07) is 1.11. The van der Waals surface area contributed by atoms with Gasteiger partial charge in [-0.3, -0.25) is 4.79 Å². The number of thioether (sulfide) groups is 1. The van der Waals surface area contributed by atoms with Crippen LogP contribution in [0.2, 0.25) is 0 Å². The Bertz CT molecular complexity index is 517. The van der Waals surface area contributed by atoms with Crippen LogP contribution in [0.4, 0.5) is 0 Å². The Labute approximate surface area is 208 Å². The highest BCUT2D eigenvalue weighted by Gasteiger charge is 2.23. The van der Waals surface area contributed by atoms with Crippen LogP contribution >= 0.6 is 24.0 Å². The molecule has 1 aliphatic rings. The largest absolute Gasteiger partial charge is 0.377 e. The fourth-order valence-corrected chi connectivity index (χ4v) is 5.77. The molecule has 0 amide bonds. The quantitative estimate of drug-likeness (QED) is 0.189. The van der Waals surface area contributed by atoms with Gasteiger partial charge in [-0.2, -0.15) is 0 Å². The van der Waals surface area contributed by atoms with Crippen molar-refractivity contribution in [3.63, 3.8) is 0 Å². The molecule has 0 saturated carbocycles. The highest BCUT2D eigenvalue weighted by atomic mass is 32.2. The molecule has 4 atom stereocenters. The molecule has 2 N–H and O–H groups in total. The third-order valence-electron chi connectivity index (χ3n) is 6.56. The van der Waals surface area contributed by atoms with E-state index in [-0.39, 0.29) is 0 Å². The molecule has 0 radical (unpaired) electrons. The summed E-state index contributed by atoms with van der Waals surface area (Å²) in [4.78, 5) is 16.1. The van der Waals surface area contributed by atoms with E-state index < -0.39 is 0 Å². The second-order valence-corrected chi connectivity index (χ2v) is 11.7. The first-order chi connectivity index (χ1) is 15.4. The van der Waals surface area contributed by atoms with E-state index in [1.165, 1.54) is 45.1 Å². The summed E-state index contributed by atoms with van der Waals surface area (Å²) in [5.74, 6) is 0.648. The summed E-state index contributed by atoms with van der Waals surface area (Å²) in [6.07, 6.45) is 12.0. The van der Waals surface area contributed by atoms with Gasteiger partial charge in [-0.1, -0.05) is 64.5 Å². The number of thiocarbonyl (C=S) groups is 1. The molecule has 0 bridgehead atoms. The van der Waals surface area contributed by atoms with Crippen LogP contribution in [0.5, 0.6) is 0 Å². The SMILES string of the molecule is CCCCC(CC)NC(=S)CCCCC(=O)S[C@@H]1CCCN(CC(C)CN[C@H](C)CC)C1. The number of rotatable bonds is 17. The van der Waals surface area contributed by atoms with Crippen molar-refractivity contribution in [3.05, 3.63) is 0 Å². The van der Waals surface area contributed by atoms with E-state index in [0.717, 1.165) is 50.3 Å². The third kappa shape index (κ3) is 14.2. The van der Waals surface area contributed by atoms with Gasteiger partial charge < -0.3 is 15.5 Å². The molecule has 32 heavy (non-hydrogen) atoms. The Kier molecular flexibility index (Phi) is 17.0. The second kappa shape index (κ2) is 18.2. The summed E-state index contributed by atoms with van der Waals surface area (Å²) in [6.45, 7) is 15.7. The van der Waals surface area contributed by atoms with Crippen LogP contribution < -0.4 is 10.6 Å². The van der Waals surface area contributed by atoms with Crippen molar-refractivity contribution in [2.24, 2.45) is 5.92 Å². The van der Waals surface area contributed by atoms with Crippen molar-refractivity contribution >= 4 is 34.1 Å². The monoisotopic (exact) mass is 485 g/mol. The van der Waals surface area contributed by atoms with Gasteiger partial charge in [0.2, 0.25) is 0 Å². The molecule has 1 fully saturated rings. The number of unbranched alkanes of at least 4 members (excludes halogenated alkanes) is 2. The molecule has 1 heterocycles. The minimum Gasteiger partial charge on any atom is -0.377 e. The Morgan fingerprint density at radius 1 is 1.12 bits per heavy atom. The van der Waals surface area contributed by atoms with Gasteiger partial charge in [-0.05, 0) is 77.3 Å². The van der Waals surface area contributed by atoms with Crippen LogP contribution in [-0.2, 0) is 4.79 Å². The highest BCUT2D eigenvalue weighted by molar-refractivity contribution is 8.14. The van der Waals surface area contributed by atoms with Crippen LogP contribution in [0.3, 0.4) is 0 Å². The van der Waals surface area contributed by atoms with Gasteiger partial charge in [0, 0.05) is 36.8 Å². The lowest BCUT2D eigenvalue weighted by molar-refractivity contribution is -0.111. The van der Waals surface area contributed by atoms with E-state index >= 15 is 0 Å². The zero-order valence-corrected chi connectivity index (χ0v) is 23.2. The minimum absolute atomic E-state index is 0.372. The number of nitrogens with zero attached hydrogens (tertiary/aromatic N) is 1. The summed E-state index contributed by atoms with van der Waals surface area (Å²) >= 11 is 7.14. The number of piperidine rings is 1. The first-order valence-corrected chi connectivity index (χ1v) is 14.6. The molecule has 0 aromatic carbocycles. The van der Waals surface area contributed by atoms with Crippen LogP contribution in [-0.4, -0.2) is 58.5 Å². The molecular weight excluding hydrogens is 434 g/mol. The van der Waals surface area contributed by atoms with E-state index in [2.05, 4.69) is 50.2 Å². The Morgan fingerprint density at radius 3 is 2.56 bits per heavy atom. The van der Waals surface area contributed by atoms with Crippen LogP contribution in [0.25, 0.3) is 0 Å². The number of hydrogen-bond donors (Lipinski definition) is 2. The summed E-state index contributed by atoms with van der Waals surface area (Å²) in [5, 5.41) is 7.99. The predicted molar refractivity (Wildman–Crippen MR) is 147 cm³/mol. The second-order valence-electron chi connectivity index (χ2n) is 9.86. The van der Waals surface area contributed by atoms with Gasteiger partial charge in [0.15, 0.2) is 5.12 Å². The van der Waals surface area contributed by atoms with Gasteiger partial charge in [-0.15, -0.1) is 0 Å². The summed E-state index contributed by atoms with van der Waals surface area (Å²) in [7, 11) is 0. The maximum absolute atomic E-state index is 12.5. The molecular formula is C26H51N3OS2. The Balaban J connectivity index is 2.19. The zero-order valence-electron chi connectivity index (χ0n) is 21.6. The van der Waals surface area contributed by atoms with Crippen molar-refractivity contribution in [3.8, 4) is 0 Å². The fourth-order valence-electron chi connectivity index (χ4n) is 4.26. The highest BCUT2D eigenvalue weighted by Crippen LogP contribution is 2.25. The number of nitrogens with one attached hydrogen (secondary N) is 2. The number of carbonyl (C=O) groups is 1. The third-order valence-corrected chi connectivity index (χ3v) is 8.06. The van der Waals surface area contributed by atoms with Crippen molar-refractivity contribution in [1.82, 2.24) is 15.5 Å². The molecule has 1 saturated heterocycles. The lowest BCUT2D eigenvalue weighted by Crippen LogP contribution is -2.42. The van der Waals surface area contributed by atoms with E-state index in [9.17, 15) is 4.79 Å². The maximum Gasteiger partial charge on any atom is 0.189 e. The van der Waals surface area contributed by atoms with Gasteiger partial charge in [0.1, 0.15) is 0 Å². The number of hydrogen-bond acceptors (Lipinski definition) is 5. The lowest BCUT2D eigenvalue weighted by atomic mass is 10.1. The van der Waals surface area contributed by atoms with Gasteiger partial charge >= 0.3 is 0 Å². The maximum atomic E-state index is 12.5. The molecule has 188 valence electrons. The van der Waals surface area contributed by atoms with E-state index in [4.69, 9.17) is 12.2 Å². The first-order valence-electron chi connectivity index (χ1n) is 13.3. The van der Waals surface area contributed by atoms with E-state index in [1.54, 1.807) is 11.8 Å². The molecule has 2 unspecified atom stereocenters. The first kappa shape index (κ1) is 29.9. The molecule has 0 spiro atoms. The van der Waals surface area contributed by atoms with Crippen LogP contribution in [0, 0.1) is 5.92 Å². The van der Waals surface area contributed by atoms with Crippen molar-refractivity contribution in [2.75, 3.05) is 26.2 Å². The zero-order chi connectivity index (χ0) is 23.8. The standard InChI is InChI=1S/C26H51N3OS2/c1-6-9-13-23(8-3)28-25(31)15-10-11-16-26(30)32-24-14-12-17-29(20-24)19-21(4)18-27-22(5)7-2/h21-24,27H,6-20H2,1-5H3,(H,28,31)/t21?,22-,23?,24-/m1/s1.